The van der Waals surface area contributed by atoms with E-state index < -0.39 is 35.3 Å². The van der Waals surface area contributed by atoms with Gasteiger partial charge >= 0.3 is 5.52 Å². The maximum atomic E-state index is 6.67. The van der Waals surface area contributed by atoms with E-state index in [1.165, 1.54) is 11.3 Å². The summed E-state index contributed by atoms with van der Waals surface area (Å²) in [6.07, 6.45) is 0. The molecule has 1 aliphatic heterocycles. The topological polar surface area (TPSA) is 0 Å². The van der Waals surface area contributed by atoms with Crippen molar-refractivity contribution in [1.82, 2.24) is 0 Å². The van der Waals surface area contributed by atoms with Crippen LogP contribution in [0.4, 0.5) is 0 Å². The summed E-state index contributed by atoms with van der Waals surface area (Å²) in [6, 6.07) is 0. The first-order chi connectivity index (χ1) is 6.21. The minimum absolute atomic E-state index is 0.0640. The number of hydrogen-bond acceptors (Lipinski definition) is 0. The molecule has 1 heterocycles. The van der Waals surface area contributed by atoms with Crippen LogP contribution in [0.3, 0.4) is 0 Å². The van der Waals surface area contributed by atoms with Gasteiger partial charge in [0, 0.05) is 27.6 Å². The van der Waals surface area contributed by atoms with Gasteiger partial charge in [0.25, 0.3) is 0 Å². The van der Waals surface area contributed by atoms with Crippen LogP contribution < -0.4 is 0 Å². The lowest BCUT2D eigenvalue weighted by atomic mass is 11.8. The highest BCUT2D eigenvalue weighted by atomic mass is 35.9. The van der Waals surface area contributed by atoms with E-state index >= 15 is 0 Å². The van der Waals surface area contributed by atoms with Crippen LogP contribution >= 0.6 is 66.5 Å². The molecule has 84 valence electrons. The molecule has 1 atom stereocenters. The smallest absolute Gasteiger partial charge is 0.171 e. The van der Waals surface area contributed by atoms with Gasteiger partial charge in [-0.2, -0.15) is 33.2 Å². The van der Waals surface area contributed by atoms with Gasteiger partial charge in [-0.1, -0.05) is 11.3 Å². The Kier molecular flexibility index (Phi) is 5.77. The third-order valence-electron chi connectivity index (χ3n) is 2.54. The first-order valence-corrected chi connectivity index (χ1v) is 27.1. The Hall–Kier alpha value is 3.04. The Morgan fingerprint density at radius 2 is 1.43 bits per heavy atom. The molecule has 0 aromatic carbocycles. The average molecular weight is 415 g/mol. The molecule has 1 unspecified atom stereocenters. The van der Waals surface area contributed by atoms with Crippen LogP contribution in [0.1, 0.15) is 0 Å². The van der Waals surface area contributed by atoms with Crippen molar-refractivity contribution in [2.24, 2.45) is 0 Å². The Morgan fingerprint density at radius 3 is 1.93 bits per heavy atom. The van der Waals surface area contributed by atoms with Crippen molar-refractivity contribution < 1.29 is 0 Å². The van der Waals surface area contributed by atoms with E-state index in [2.05, 4.69) is 0 Å². The van der Waals surface area contributed by atoms with Crippen molar-refractivity contribution in [3.8, 4) is 0 Å². The maximum absolute atomic E-state index is 6.67. The lowest BCUT2D eigenvalue weighted by Gasteiger charge is -2.36. The standard InChI is InChI=1S/C2H10Cl6Si6/c3-12(4,5)14(8)11-2-9-1-10-13(14,6)7/h1-2,9-11H2. The van der Waals surface area contributed by atoms with Gasteiger partial charge < -0.3 is 0 Å². The maximum Gasteiger partial charge on any atom is 0.338 e. The van der Waals surface area contributed by atoms with Gasteiger partial charge in [0.2, 0.25) is 11.7 Å². The van der Waals surface area contributed by atoms with E-state index in [0.29, 0.717) is 0 Å². The van der Waals surface area contributed by atoms with Gasteiger partial charge in [0.05, 0.1) is 0 Å². The third kappa shape index (κ3) is 3.08. The highest BCUT2D eigenvalue weighted by Gasteiger charge is 2.66. The molecule has 0 bridgehead atoms. The van der Waals surface area contributed by atoms with Crippen molar-refractivity contribution in [1.29, 1.82) is 0 Å². The second-order valence-electron chi connectivity index (χ2n) is 3.56. The van der Waals surface area contributed by atoms with Gasteiger partial charge in [0.1, 0.15) is 0 Å². The summed E-state index contributed by atoms with van der Waals surface area (Å²) in [4.78, 5) is 0. The third-order valence-corrected chi connectivity index (χ3v) is 115. The van der Waals surface area contributed by atoms with Crippen LogP contribution in [0, 0.1) is 0 Å². The predicted molar refractivity (Wildman–Crippen MR) is 87.6 cm³/mol. The van der Waals surface area contributed by atoms with E-state index in [-0.39, 0.29) is 9.52 Å². The average Bonchev–Trinajstić information content (AvgIpc) is 2.11. The van der Waals surface area contributed by atoms with Crippen LogP contribution in [-0.4, -0.2) is 44.8 Å². The summed E-state index contributed by atoms with van der Waals surface area (Å²) in [5, 5.41) is 0. The first kappa shape index (κ1) is 15.1. The normalized spacial score (nSPS) is 39.0. The second kappa shape index (κ2) is 5.35. The second-order valence-corrected chi connectivity index (χ2v) is 66.0. The molecular formula is C2H10Cl6Si6. The summed E-state index contributed by atoms with van der Waals surface area (Å²) in [5.41, 5.74) is -2.44. The fraction of sp³-hybridized carbons (Fsp3) is 1.00. The van der Waals surface area contributed by atoms with Crippen molar-refractivity contribution >= 4 is 111 Å². The minimum atomic E-state index is -2.81. The summed E-state index contributed by atoms with van der Waals surface area (Å²) >= 11 is 38.1. The summed E-state index contributed by atoms with van der Waals surface area (Å²) in [6.45, 7) is 0. The van der Waals surface area contributed by atoms with Gasteiger partial charge in [-0.25, -0.2) is 0 Å². The van der Waals surface area contributed by atoms with Crippen LogP contribution in [0.25, 0.3) is 0 Å². The molecule has 0 N–H and O–H groups in total. The van der Waals surface area contributed by atoms with Crippen molar-refractivity contribution in [3.63, 3.8) is 0 Å². The number of halogens is 6. The van der Waals surface area contributed by atoms with E-state index in [1.54, 1.807) is 0 Å². The molecule has 0 radical (unpaired) electrons. The first-order valence-electron chi connectivity index (χ1n) is 4.34. The van der Waals surface area contributed by atoms with E-state index in [1.807, 2.05) is 0 Å². The molecule has 0 saturated carbocycles. The molecule has 14 heavy (non-hydrogen) atoms. The van der Waals surface area contributed by atoms with Crippen molar-refractivity contribution in [2.75, 3.05) is 0 Å². The summed E-state index contributed by atoms with van der Waals surface area (Å²) in [5.74, 6) is -2.30. The number of rotatable bonds is 1. The molecule has 12 heteroatoms. The monoisotopic (exact) mass is 412 g/mol. The van der Waals surface area contributed by atoms with Crippen LogP contribution in [0.5, 0.6) is 0 Å². The lowest BCUT2D eigenvalue weighted by Crippen LogP contribution is -2.70. The predicted octanol–water partition coefficient (Wildman–Crippen LogP) is 1.17. The zero-order valence-corrected chi connectivity index (χ0v) is 19.1. The molecule has 0 spiro atoms. The zero-order valence-electron chi connectivity index (χ0n) is 7.30. The van der Waals surface area contributed by atoms with Crippen molar-refractivity contribution in [2.45, 2.75) is 11.3 Å². The fourth-order valence-electron chi connectivity index (χ4n) is 1.62. The van der Waals surface area contributed by atoms with E-state index in [4.69, 9.17) is 66.5 Å². The molecule has 1 fully saturated rings. The van der Waals surface area contributed by atoms with Gasteiger partial charge in [-0.3, -0.25) is 0 Å². The zero-order chi connectivity index (χ0) is 11.0. The van der Waals surface area contributed by atoms with Gasteiger partial charge in [-0.05, 0) is 0 Å². The SMILES string of the molecule is Cl[Si](Cl)(Cl)[Si]1(Cl)[SiH2]C[SiH2]C[SiH2][Si]1(Cl)Cl. The Balaban J connectivity index is 3.02. The highest BCUT2D eigenvalue weighted by Crippen LogP contribution is 2.44. The molecule has 0 amide bonds. The van der Waals surface area contributed by atoms with E-state index in [9.17, 15) is 0 Å². The Labute approximate surface area is 121 Å². The molecule has 0 nitrogen and oxygen atoms in total. The number of hydrogen-bond donors (Lipinski definition) is 0. The quantitative estimate of drug-likeness (QED) is 0.446. The highest BCUT2D eigenvalue weighted by molar-refractivity contribution is 8.25. The molecule has 0 aliphatic carbocycles. The molecule has 1 rings (SSSR count). The van der Waals surface area contributed by atoms with Crippen LogP contribution in [-0.2, 0) is 0 Å². The van der Waals surface area contributed by atoms with Gasteiger partial charge in [0.15, 0.2) is 0 Å². The largest absolute Gasteiger partial charge is 0.338 e. The molecule has 0 aromatic heterocycles. The van der Waals surface area contributed by atoms with E-state index in [0.717, 1.165) is 0 Å². The molecule has 1 saturated heterocycles. The van der Waals surface area contributed by atoms with Crippen LogP contribution in [0.2, 0.25) is 11.3 Å². The summed E-state index contributed by atoms with van der Waals surface area (Å²) < 4.78 is 0. The minimum Gasteiger partial charge on any atom is -0.171 e. The van der Waals surface area contributed by atoms with Gasteiger partial charge in [-0.15, -0.1) is 33.2 Å². The molecule has 0 aromatic rings. The summed E-state index contributed by atoms with van der Waals surface area (Å²) in [7, 11) is -0.793. The Morgan fingerprint density at radius 1 is 0.929 bits per heavy atom. The van der Waals surface area contributed by atoms with Crippen molar-refractivity contribution in [3.05, 3.63) is 0 Å². The van der Waals surface area contributed by atoms with Crippen LogP contribution in [0.15, 0.2) is 0 Å². The Bertz CT molecular complexity index is 215. The lowest BCUT2D eigenvalue weighted by molar-refractivity contribution is 1.90. The molecule has 1 aliphatic rings. The molecular weight excluding hydrogens is 405 g/mol. The fourth-order valence-corrected chi connectivity index (χ4v) is 142.